The average Bonchev–Trinajstić information content (AvgIpc) is 2.27. The number of morpholine rings is 1. The fourth-order valence-electron chi connectivity index (χ4n) is 1.47. The van der Waals surface area contributed by atoms with Crippen molar-refractivity contribution in [2.45, 2.75) is 32.2 Å². The molecule has 5 heteroatoms. The van der Waals surface area contributed by atoms with Gasteiger partial charge < -0.3 is 10.5 Å². The normalized spacial score (nSPS) is 19.9. The second-order valence-corrected chi connectivity index (χ2v) is 3.82. The monoisotopic (exact) mass is 215 g/mol. The molecule has 3 N–H and O–H groups in total. The highest BCUT2D eigenvalue weighted by Gasteiger charge is 2.17. The van der Waals surface area contributed by atoms with Crippen molar-refractivity contribution in [2.75, 3.05) is 26.3 Å². The molecule has 0 aromatic carbocycles. The molecule has 15 heavy (non-hydrogen) atoms. The van der Waals surface area contributed by atoms with Crippen LogP contribution in [-0.2, 0) is 9.53 Å². The van der Waals surface area contributed by atoms with Crippen molar-refractivity contribution in [3.63, 3.8) is 0 Å². The van der Waals surface area contributed by atoms with Crippen molar-refractivity contribution in [1.82, 2.24) is 10.4 Å². The average molecular weight is 215 g/mol. The van der Waals surface area contributed by atoms with Gasteiger partial charge in [0.05, 0.1) is 19.3 Å². The van der Waals surface area contributed by atoms with Crippen molar-refractivity contribution < 1.29 is 9.53 Å². The molecule has 1 unspecified atom stereocenters. The number of ether oxygens (including phenoxy) is 1. The smallest absolute Gasteiger partial charge is 0.251 e. The molecule has 1 fully saturated rings. The van der Waals surface area contributed by atoms with Crippen LogP contribution in [0.1, 0.15) is 26.2 Å². The van der Waals surface area contributed by atoms with Gasteiger partial charge in [0.15, 0.2) is 0 Å². The van der Waals surface area contributed by atoms with Gasteiger partial charge in [-0.15, -0.1) is 0 Å². The minimum atomic E-state index is -0.382. The summed E-state index contributed by atoms with van der Waals surface area (Å²) in [5, 5.41) is 1.87. The number of hydrazine groups is 1. The Kier molecular flexibility index (Phi) is 5.60. The molecule has 0 bridgehead atoms. The lowest BCUT2D eigenvalue weighted by Crippen LogP contribution is -2.53. The van der Waals surface area contributed by atoms with Crippen LogP contribution in [-0.4, -0.2) is 43.3 Å². The van der Waals surface area contributed by atoms with Gasteiger partial charge in [-0.05, 0) is 6.42 Å². The van der Waals surface area contributed by atoms with Crippen LogP contribution in [0.25, 0.3) is 0 Å². The Morgan fingerprint density at radius 3 is 2.80 bits per heavy atom. The van der Waals surface area contributed by atoms with E-state index in [2.05, 4.69) is 12.3 Å². The zero-order valence-corrected chi connectivity index (χ0v) is 9.37. The number of unbranched alkanes of at least 4 members (excludes halogenated alkanes) is 1. The molecule has 1 aliphatic heterocycles. The number of carbonyl (C=O) groups excluding carboxylic acids is 1. The van der Waals surface area contributed by atoms with Gasteiger partial charge in [-0.3, -0.25) is 10.2 Å². The quantitative estimate of drug-likeness (QED) is 0.670. The van der Waals surface area contributed by atoms with E-state index in [1.165, 1.54) is 0 Å². The van der Waals surface area contributed by atoms with Crippen LogP contribution in [0.5, 0.6) is 0 Å². The SMILES string of the molecule is CCCCC(N)C(=O)NN1CCOCC1. The maximum absolute atomic E-state index is 11.6. The van der Waals surface area contributed by atoms with Gasteiger partial charge in [-0.2, -0.15) is 0 Å². The molecule has 0 aromatic heterocycles. The van der Waals surface area contributed by atoms with Gasteiger partial charge in [0.2, 0.25) is 0 Å². The first-order chi connectivity index (χ1) is 7.24. The van der Waals surface area contributed by atoms with E-state index in [0.717, 1.165) is 32.4 Å². The van der Waals surface area contributed by atoms with Gasteiger partial charge in [0.25, 0.3) is 5.91 Å². The number of rotatable bonds is 5. The molecule has 0 saturated carbocycles. The van der Waals surface area contributed by atoms with E-state index in [0.29, 0.717) is 13.2 Å². The van der Waals surface area contributed by atoms with Crippen molar-refractivity contribution in [3.05, 3.63) is 0 Å². The van der Waals surface area contributed by atoms with Crippen LogP contribution in [0.3, 0.4) is 0 Å². The first kappa shape index (κ1) is 12.4. The molecule has 5 nitrogen and oxygen atoms in total. The van der Waals surface area contributed by atoms with E-state index in [4.69, 9.17) is 10.5 Å². The summed E-state index contributed by atoms with van der Waals surface area (Å²) >= 11 is 0. The lowest BCUT2D eigenvalue weighted by Gasteiger charge is -2.28. The molecule has 1 rings (SSSR count). The lowest BCUT2D eigenvalue weighted by atomic mass is 10.1. The van der Waals surface area contributed by atoms with E-state index in [1.54, 1.807) is 0 Å². The number of hydrogen-bond donors (Lipinski definition) is 2. The zero-order valence-electron chi connectivity index (χ0n) is 9.37. The summed E-state index contributed by atoms with van der Waals surface area (Å²) in [5.41, 5.74) is 8.57. The third kappa shape index (κ3) is 4.59. The minimum absolute atomic E-state index is 0.0784. The maximum atomic E-state index is 11.6. The molecule has 0 aromatic rings. The fraction of sp³-hybridized carbons (Fsp3) is 0.900. The molecule has 1 atom stereocenters. The molecule has 0 aliphatic carbocycles. The van der Waals surface area contributed by atoms with Crippen LogP contribution in [0, 0.1) is 0 Å². The largest absolute Gasteiger partial charge is 0.379 e. The maximum Gasteiger partial charge on any atom is 0.251 e. The van der Waals surface area contributed by atoms with Crippen LogP contribution in [0.4, 0.5) is 0 Å². The number of nitrogens with one attached hydrogen (secondary N) is 1. The summed E-state index contributed by atoms with van der Waals surface area (Å²) in [6, 6.07) is -0.382. The van der Waals surface area contributed by atoms with E-state index in [9.17, 15) is 4.79 Å². The second kappa shape index (κ2) is 6.76. The number of carbonyl (C=O) groups is 1. The van der Waals surface area contributed by atoms with Crippen LogP contribution < -0.4 is 11.2 Å². The van der Waals surface area contributed by atoms with Crippen molar-refractivity contribution >= 4 is 5.91 Å². The highest BCUT2D eigenvalue weighted by molar-refractivity contribution is 5.80. The van der Waals surface area contributed by atoms with E-state index in [-0.39, 0.29) is 11.9 Å². The number of amides is 1. The fourth-order valence-corrected chi connectivity index (χ4v) is 1.47. The summed E-state index contributed by atoms with van der Waals surface area (Å²) in [6.07, 6.45) is 2.82. The predicted molar refractivity (Wildman–Crippen MR) is 58.0 cm³/mol. The Balaban J connectivity index is 2.20. The van der Waals surface area contributed by atoms with Gasteiger partial charge in [-0.1, -0.05) is 19.8 Å². The standard InChI is InChI=1S/C10H21N3O2/c1-2-3-4-9(11)10(14)12-13-5-7-15-8-6-13/h9H,2-8,11H2,1H3,(H,12,14). The van der Waals surface area contributed by atoms with Crippen LogP contribution in [0.15, 0.2) is 0 Å². The van der Waals surface area contributed by atoms with Crippen molar-refractivity contribution in [1.29, 1.82) is 0 Å². The topological polar surface area (TPSA) is 67.6 Å². The Morgan fingerprint density at radius 1 is 1.53 bits per heavy atom. The Labute approximate surface area is 90.9 Å². The Morgan fingerprint density at radius 2 is 2.20 bits per heavy atom. The molecular weight excluding hydrogens is 194 g/mol. The summed E-state index contributed by atoms with van der Waals surface area (Å²) in [7, 11) is 0. The highest BCUT2D eigenvalue weighted by Crippen LogP contribution is 1.99. The highest BCUT2D eigenvalue weighted by atomic mass is 16.5. The molecule has 88 valence electrons. The van der Waals surface area contributed by atoms with Gasteiger partial charge in [0, 0.05) is 13.1 Å². The van der Waals surface area contributed by atoms with Gasteiger partial charge in [0.1, 0.15) is 0 Å². The Hall–Kier alpha value is -0.650. The summed E-state index contributed by atoms with van der Waals surface area (Å²) in [6.45, 7) is 4.92. The first-order valence-corrected chi connectivity index (χ1v) is 5.62. The zero-order chi connectivity index (χ0) is 11.1. The second-order valence-electron chi connectivity index (χ2n) is 3.82. The lowest BCUT2D eigenvalue weighted by molar-refractivity contribution is -0.129. The summed E-state index contributed by atoms with van der Waals surface area (Å²) in [4.78, 5) is 11.6. The summed E-state index contributed by atoms with van der Waals surface area (Å²) < 4.78 is 5.18. The molecule has 1 aliphatic rings. The van der Waals surface area contributed by atoms with E-state index in [1.807, 2.05) is 5.01 Å². The third-order valence-electron chi connectivity index (χ3n) is 2.48. The van der Waals surface area contributed by atoms with E-state index < -0.39 is 0 Å². The van der Waals surface area contributed by atoms with E-state index >= 15 is 0 Å². The molecular formula is C10H21N3O2. The number of nitrogens with zero attached hydrogens (tertiary/aromatic N) is 1. The number of hydrogen-bond acceptors (Lipinski definition) is 4. The molecule has 0 spiro atoms. The number of nitrogens with two attached hydrogens (primary N) is 1. The molecule has 1 amide bonds. The Bertz CT molecular complexity index is 193. The first-order valence-electron chi connectivity index (χ1n) is 5.62. The predicted octanol–water partition coefficient (Wildman–Crippen LogP) is -0.133. The molecule has 1 heterocycles. The van der Waals surface area contributed by atoms with Crippen LogP contribution in [0.2, 0.25) is 0 Å². The van der Waals surface area contributed by atoms with Gasteiger partial charge >= 0.3 is 0 Å². The minimum Gasteiger partial charge on any atom is -0.379 e. The van der Waals surface area contributed by atoms with Crippen molar-refractivity contribution in [3.8, 4) is 0 Å². The third-order valence-corrected chi connectivity index (χ3v) is 2.48. The molecule has 0 radical (unpaired) electrons. The summed E-state index contributed by atoms with van der Waals surface area (Å²) in [5.74, 6) is -0.0784. The van der Waals surface area contributed by atoms with Gasteiger partial charge in [-0.25, -0.2) is 5.01 Å². The molecule has 1 saturated heterocycles. The van der Waals surface area contributed by atoms with Crippen LogP contribution >= 0.6 is 0 Å². The van der Waals surface area contributed by atoms with Crippen molar-refractivity contribution in [2.24, 2.45) is 5.73 Å².